The van der Waals surface area contributed by atoms with E-state index in [2.05, 4.69) is 10.4 Å². The van der Waals surface area contributed by atoms with E-state index >= 15 is 0 Å². The first-order valence-corrected chi connectivity index (χ1v) is 6.78. The Labute approximate surface area is 128 Å². The van der Waals surface area contributed by atoms with Crippen molar-refractivity contribution in [1.82, 2.24) is 9.78 Å². The zero-order chi connectivity index (χ0) is 16.5. The second-order valence-corrected chi connectivity index (χ2v) is 5.93. The van der Waals surface area contributed by atoms with Gasteiger partial charge in [-0.25, -0.2) is 4.79 Å². The number of aromatic hydroxyl groups is 1. The molecule has 7 nitrogen and oxygen atoms in total. The Kier molecular flexibility index (Phi) is 3.99. The number of aryl methyl sites for hydroxylation is 1. The highest BCUT2D eigenvalue weighted by Crippen LogP contribution is 2.31. The van der Waals surface area contributed by atoms with Crippen molar-refractivity contribution in [2.45, 2.75) is 26.4 Å². The van der Waals surface area contributed by atoms with Crippen molar-refractivity contribution in [2.75, 3.05) is 11.1 Å². The molecule has 118 valence electrons. The van der Waals surface area contributed by atoms with Gasteiger partial charge in [-0.15, -0.1) is 0 Å². The predicted octanol–water partition coefficient (Wildman–Crippen LogP) is 2.72. The number of nitrogens with one attached hydrogen (secondary N) is 1. The van der Waals surface area contributed by atoms with E-state index in [-0.39, 0.29) is 5.75 Å². The Bertz CT molecular complexity index is 682. The lowest BCUT2D eigenvalue weighted by molar-refractivity contribution is 0.0636. The number of anilines is 2. The largest absolute Gasteiger partial charge is 0.508 e. The summed E-state index contributed by atoms with van der Waals surface area (Å²) >= 11 is 0. The van der Waals surface area contributed by atoms with Crippen LogP contribution in [0.25, 0.3) is 11.3 Å². The molecule has 0 atom stereocenters. The Morgan fingerprint density at radius 1 is 1.36 bits per heavy atom. The van der Waals surface area contributed by atoms with Crippen LogP contribution in [0.4, 0.5) is 16.3 Å². The van der Waals surface area contributed by atoms with Crippen LogP contribution < -0.4 is 11.1 Å². The van der Waals surface area contributed by atoms with E-state index in [9.17, 15) is 9.90 Å². The van der Waals surface area contributed by atoms with Crippen LogP contribution in [-0.4, -0.2) is 26.6 Å². The fraction of sp³-hybridized carbons (Fsp3) is 0.333. The molecule has 1 heterocycles. The van der Waals surface area contributed by atoms with E-state index in [1.54, 1.807) is 40.0 Å². The van der Waals surface area contributed by atoms with Gasteiger partial charge in [-0.2, -0.15) is 5.10 Å². The number of hydrogen-bond acceptors (Lipinski definition) is 5. The van der Waals surface area contributed by atoms with Gasteiger partial charge in [0.1, 0.15) is 17.2 Å². The van der Waals surface area contributed by atoms with E-state index in [0.717, 1.165) is 0 Å². The third kappa shape index (κ3) is 3.69. The average Bonchev–Trinajstić information content (AvgIpc) is 2.69. The number of rotatable bonds is 2. The number of aromatic nitrogens is 2. The van der Waals surface area contributed by atoms with Crippen molar-refractivity contribution < 1.29 is 14.6 Å². The molecular weight excluding hydrogens is 284 g/mol. The second kappa shape index (κ2) is 5.59. The minimum absolute atomic E-state index is 0.0639. The standard InChI is InChI=1S/C15H20N4O3/c1-15(2,3)22-14(21)17-11-6-5-9(20)7-10(11)12-8-13(16)19(4)18-12/h5-8,20H,16H2,1-4H3,(H,17,21). The Morgan fingerprint density at radius 2 is 2.05 bits per heavy atom. The normalized spacial score (nSPS) is 11.3. The number of phenols is 1. The molecule has 1 aromatic carbocycles. The van der Waals surface area contributed by atoms with Crippen molar-refractivity contribution >= 4 is 17.6 Å². The molecule has 0 bridgehead atoms. The molecule has 0 fully saturated rings. The van der Waals surface area contributed by atoms with Crippen LogP contribution in [0.1, 0.15) is 20.8 Å². The Balaban J connectivity index is 2.34. The van der Waals surface area contributed by atoms with Gasteiger partial charge >= 0.3 is 6.09 Å². The van der Waals surface area contributed by atoms with Gasteiger partial charge in [0.15, 0.2) is 0 Å². The van der Waals surface area contributed by atoms with Crippen LogP contribution >= 0.6 is 0 Å². The third-order valence-corrected chi connectivity index (χ3v) is 2.83. The van der Waals surface area contributed by atoms with E-state index in [4.69, 9.17) is 10.5 Å². The monoisotopic (exact) mass is 304 g/mol. The molecule has 0 unspecified atom stereocenters. The summed E-state index contributed by atoms with van der Waals surface area (Å²) in [5.41, 5.74) is 6.75. The highest BCUT2D eigenvalue weighted by Gasteiger charge is 2.18. The topological polar surface area (TPSA) is 102 Å². The molecule has 0 saturated carbocycles. The number of benzene rings is 1. The lowest BCUT2D eigenvalue weighted by Crippen LogP contribution is -2.27. The SMILES string of the molecule is Cn1nc(-c2cc(O)ccc2NC(=O)OC(C)(C)C)cc1N. The number of nitrogens with two attached hydrogens (primary N) is 1. The zero-order valence-electron chi connectivity index (χ0n) is 13.0. The van der Waals surface area contributed by atoms with Crippen molar-refractivity contribution in [3.8, 4) is 17.0 Å². The molecule has 4 N–H and O–H groups in total. The number of hydrogen-bond donors (Lipinski definition) is 3. The van der Waals surface area contributed by atoms with Crippen LogP contribution in [0.2, 0.25) is 0 Å². The number of nitrogens with zero attached hydrogens (tertiary/aromatic N) is 2. The van der Waals surface area contributed by atoms with E-state index < -0.39 is 11.7 Å². The van der Waals surface area contributed by atoms with Gasteiger partial charge in [0, 0.05) is 18.7 Å². The van der Waals surface area contributed by atoms with E-state index in [0.29, 0.717) is 22.8 Å². The molecule has 22 heavy (non-hydrogen) atoms. The molecule has 1 amide bonds. The van der Waals surface area contributed by atoms with Gasteiger partial charge in [-0.3, -0.25) is 10.00 Å². The van der Waals surface area contributed by atoms with E-state index in [1.165, 1.54) is 16.8 Å². The Morgan fingerprint density at radius 3 is 2.59 bits per heavy atom. The molecule has 1 aromatic heterocycles. The van der Waals surface area contributed by atoms with Crippen molar-refractivity contribution in [3.63, 3.8) is 0 Å². The summed E-state index contributed by atoms with van der Waals surface area (Å²) in [5.74, 6) is 0.538. The third-order valence-electron chi connectivity index (χ3n) is 2.83. The predicted molar refractivity (Wildman–Crippen MR) is 84.6 cm³/mol. The molecule has 0 aliphatic carbocycles. The highest BCUT2D eigenvalue weighted by molar-refractivity contribution is 5.91. The molecule has 0 radical (unpaired) electrons. The first-order valence-electron chi connectivity index (χ1n) is 6.78. The number of carbonyl (C=O) groups is 1. The summed E-state index contributed by atoms with van der Waals surface area (Å²) in [7, 11) is 1.71. The quantitative estimate of drug-likeness (QED) is 0.740. The minimum Gasteiger partial charge on any atom is -0.508 e. The number of nitrogen functional groups attached to an aromatic ring is 1. The van der Waals surface area contributed by atoms with Gasteiger partial charge in [0.25, 0.3) is 0 Å². The summed E-state index contributed by atoms with van der Waals surface area (Å²) in [6, 6.07) is 6.23. The fourth-order valence-electron chi connectivity index (χ4n) is 1.88. The highest BCUT2D eigenvalue weighted by atomic mass is 16.6. The van der Waals surface area contributed by atoms with Gasteiger partial charge in [0.05, 0.1) is 11.4 Å². The van der Waals surface area contributed by atoms with Crippen LogP contribution in [0, 0.1) is 0 Å². The van der Waals surface area contributed by atoms with Gasteiger partial charge in [-0.05, 0) is 39.0 Å². The van der Waals surface area contributed by atoms with Crippen LogP contribution in [0.3, 0.4) is 0 Å². The van der Waals surface area contributed by atoms with Crippen molar-refractivity contribution in [2.24, 2.45) is 7.05 Å². The summed E-state index contributed by atoms with van der Waals surface area (Å²) in [5, 5.41) is 16.6. The fourth-order valence-corrected chi connectivity index (χ4v) is 1.88. The maximum Gasteiger partial charge on any atom is 0.412 e. The van der Waals surface area contributed by atoms with Gasteiger partial charge < -0.3 is 15.6 Å². The summed E-state index contributed by atoms with van der Waals surface area (Å²) < 4.78 is 6.74. The van der Waals surface area contributed by atoms with Crippen molar-refractivity contribution in [3.05, 3.63) is 24.3 Å². The Hall–Kier alpha value is -2.70. The number of amides is 1. The average molecular weight is 304 g/mol. The first-order chi connectivity index (χ1) is 10.2. The molecule has 0 saturated heterocycles. The summed E-state index contributed by atoms with van der Waals surface area (Å²) in [4.78, 5) is 11.9. The molecule has 7 heteroatoms. The summed E-state index contributed by atoms with van der Waals surface area (Å²) in [6.45, 7) is 5.34. The lowest BCUT2D eigenvalue weighted by atomic mass is 10.1. The molecule has 2 rings (SSSR count). The lowest BCUT2D eigenvalue weighted by Gasteiger charge is -2.20. The van der Waals surface area contributed by atoms with Gasteiger partial charge in [0.2, 0.25) is 0 Å². The summed E-state index contributed by atoms with van der Waals surface area (Å²) in [6.07, 6.45) is -0.580. The number of carbonyl (C=O) groups excluding carboxylic acids is 1. The second-order valence-electron chi connectivity index (χ2n) is 5.93. The van der Waals surface area contributed by atoms with Crippen molar-refractivity contribution in [1.29, 1.82) is 0 Å². The van der Waals surface area contributed by atoms with Crippen LogP contribution in [0.15, 0.2) is 24.3 Å². The zero-order valence-corrected chi connectivity index (χ0v) is 13.0. The molecule has 0 aliphatic heterocycles. The number of ether oxygens (including phenoxy) is 1. The molecule has 2 aromatic rings. The first kappa shape index (κ1) is 15.7. The van der Waals surface area contributed by atoms with Crippen LogP contribution in [0.5, 0.6) is 5.75 Å². The molecular formula is C15H20N4O3. The maximum absolute atomic E-state index is 11.9. The van der Waals surface area contributed by atoms with Gasteiger partial charge in [-0.1, -0.05) is 0 Å². The number of phenolic OH excluding ortho intramolecular Hbond substituents is 1. The maximum atomic E-state index is 11.9. The van der Waals surface area contributed by atoms with E-state index in [1.807, 2.05) is 0 Å². The molecule has 0 spiro atoms. The smallest absolute Gasteiger partial charge is 0.412 e. The molecule has 0 aliphatic rings. The minimum atomic E-state index is -0.601. The van der Waals surface area contributed by atoms with Crippen LogP contribution in [-0.2, 0) is 11.8 Å².